The molecule has 0 aliphatic rings. The summed E-state index contributed by atoms with van der Waals surface area (Å²) in [6.45, 7) is 5.34. The van der Waals surface area contributed by atoms with Crippen molar-refractivity contribution in [1.29, 1.82) is 0 Å². The number of rotatable bonds is 8. The van der Waals surface area contributed by atoms with Gasteiger partial charge in [0.25, 0.3) is 0 Å². The van der Waals surface area contributed by atoms with E-state index in [1.165, 1.54) is 0 Å². The molecule has 1 unspecified atom stereocenters. The lowest BCUT2D eigenvalue weighted by Crippen LogP contribution is -2.24. The topological polar surface area (TPSA) is 30.5 Å². The Kier molecular flexibility index (Phi) is 7.22. The van der Waals surface area contributed by atoms with Gasteiger partial charge in [-0.2, -0.15) is 0 Å². The van der Waals surface area contributed by atoms with E-state index in [1.54, 1.807) is 13.2 Å². The lowest BCUT2D eigenvalue weighted by molar-refractivity contribution is 0.284. The molecule has 1 N–H and O–H groups in total. The van der Waals surface area contributed by atoms with E-state index in [9.17, 15) is 0 Å². The van der Waals surface area contributed by atoms with Crippen molar-refractivity contribution in [3.05, 3.63) is 57.6 Å². The first-order valence-electron chi connectivity index (χ1n) is 8.01. The summed E-state index contributed by atoms with van der Waals surface area (Å²) in [6, 6.07) is 11.7. The van der Waals surface area contributed by atoms with E-state index in [4.69, 9.17) is 32.7 Å². The fourth-order valence-electron chi connectivity index (χ4n) is 2.18. The zero-order valence-electron chi connectivity index (χ0n) is 14.2. The third kappa shape index (κ3) is 5.04. The van der Waals surface area contributed by atoms with Crippen molar-refractivity contribution in [3.8, 4) is 11.5 Å². The minimum atomic E-state index is 0.358. The van der Waals surface area contributed by atoms with E-state index >= 15 is 0 Å². The van der Waals surface area contributed by atoms with Crippen LogP contribution in [0.4, 0.5) is 0 Å². The van der Waals surface area contributed by atoms with E-state index in [-0.39, 0.29) is 0 Å². The van der Waals surface area contributed by atoms with Gasteiger partial charge in [0.1, 0.15) is 6.61 Å². The molecule has 130 valence electrons. The van der Waals surface area contributed by atoms with Gasteiger partial charge in [-0.05, 0) is 31.0 Å². The van der Waals surface area contributed by atoms with Gasteiger partial charge in [-0.1, -0.05) is 48.3 Å². The Balaban J connectivity index is 2.12. The minimum Gasteiger partial charge on any atom is -0.493 e. The maximum atomic E-state index is 6.40. The van der Waals surface area contributed by atoms with Crippen LogP contribution in [-0.4, -0.2) is 13.2 Å². The fourth-order valence-corrected chi connectivity index (χ4v) is 2.60. The van der Waals surface area contributed by atoms with E-state index in [1.807, 2.05) is 30.3 Å². The van der Waals surface area contributed by atoms with Gasteiger partial charge in [0.05, 0.1) is 7.11 Å². The highest BCUT2D eigenvalue weighted by atomic mass is 35.5. The number of hydrogen-bond donors (Lipinski definition) is 1. The molecule has 0 bridgehead atoms. The molecule has 0 aliphatic carbocycles. The van der Waals surface area contributed by atoms with E-state index in [0.29, 0.717) is 40.7 Å². The predicted octanol–water partition coefficient (Wildman–Crippen LogP) is 5.47. The number of nitrogens with one attached hydrogen (secondary N) is 1. The van der Waals surface area contributed by atoms with Crippen molar-refractivity contribution in [1.82, 2.24) is 5.32 Å². The molecule has 2 aromatic carbocycles. The van der Waals surface area contributed by atoms with Crippen LogP contribution in [0.3, 0.4) is 0 Å². The van der Waals surface area contributed by atoms with Gasteiger partial charge in [-0.15, -0.1) is 0 Å². The Morgan fingerprint density at radius 1 is 1.04 bits per heavy atom. The molecule has 24 heavy (non-hydrogen) atoms. The van der Waals surface area contributed by atoms with Crippen molar-refractivity contribution < 1.29 is 9.47 Å². The first-order chi connectivity index (χ1) is 11.5. The van der Waals surface area contributed by atoms with Gasteiger partial charge in [-0.25, -0.2) is 0 Å². The quantitative estimate of drug-likeness (QED) is 0.670. The van der Waals surface area contributed by atoms with Crippen LogP contribution < -0.4 is 14.8 Å². The van der Waals surface area contributed by atoms with Gasteiger partial charge < -0.3 is 14.8 Å². The second kappa shape index (κ2) is 9.16. The highest BCUT2D eigenvalue weighted by Gasteiger charge is 2.12. The van der Waals surface area contributed by atoms with Crippen LogP contribution >= 0.6 is 23.2 Å². The molecule has 0 saturated carbocycles. The molecule has 0 amide bonds. The Labute approximate surface area is 153 Å². The van der Waals surface area contributed by atoms with E-state index in [0.717, 1.165) is 17.5 Å². The van der Waals surface area contributed by atoms with Crippen LogP contribution in [-0.2, 0) is 13.2 Å². The fraction of sp³-hybridized carbons (Fsp3) is 0.368. The molecule has 0 fully saturated rings. The zero-order valence-corrected chi connectivity index (χ0v) is 15.7. The summed E-state index contributed by atoms with van der Waals surface area (Å²) < 4.78 is 11.3. The summed E-state index contributed by atoms with van der Waals surface area (Å²) >= 11 is 12.6. The van der Waals surface area contributed by atoms with E-state index < -0.39 is 0 Å². The van der Waals surface area contributed by atoms with Crippen molar-refractivity contribution in [2.45, 2.75) is 39.5 Å². The number of ether oxygens (including phenoxy) is 2. The molecular weight excluding hydrogens is 345 g/mol. The molecule has 0 aliphatic heterocycles. The number of methoxy groups -OCH3 is 1. The highest BCUT2D eigenvalue weighted by molar-refractivity contribution is 6.31. The predicted molar refractivity (Wildman–Crippen MR) is 100 cm³/mol. The molecule has 0 spiro atoms. The van der Waals surface area contributed by atoms with Gasteiger partial charge >= 0.3 is 0 Å². The van der Waals surface area contributed by atoms with Gasteiger partial charge in [0, 0.05) is 34.3 Å². The van der Waals surface area contributed by atoms with Crippen LogP contribution in [0.25, 0.3) is 0 Å². The summed E-state index contributed by atoms with van der Waals surface area (Å²) in [7, 11) is 1.62. The first kappa shape index (κ1) is 18.9. The van der Waals surface area contributed by atoms with Crippen molar-refractivity contribution >= 4 is 23.2 Å². The van der Waals surface area contributed by atoms with Gasteiger partial charge in [-0.3, -0.25) is 0 Å². The molecule has 0 radical (unpaired) electrons. The van der Waals surface area contributed by atoms with Crippen molar-refractivity contribution in [2.24, 2.45) is 0 Å². The maximum absolute atomic E-state index is 6.40. The van der Waals surface area contributed by atoms with Gasteiger partial charge in [0.15, 0.2) is 11.5 Å². The smallest absolute Gasteiger partial charge is 0.163 e. The standard InChI is InChI=1S/C19H23Cl2NO2/c1-4-13(2)22-11-15-9-18(23-3)19(10-17(15)21)24-12-14-7-5-6-8-16(14)20/h5-10,13,22H,4,11-12H2,1-3H3. The Hall–Kier alpha value is -1.42. The summed E-state index contributed by atoms with van der Waals surface area (Å²) in [5.74, 6) is 1.27. The molecule has 0 saturated heterocycles. The van der Waals surface area contributed by atoms with Gasteiger partial charge in [0.2, 0.25) is 0 Å². The second-order valence-corrected chi connectivity index (χ2v) is 6.48. The average Bonchev–Trinajstić information content (AvgIpc) is 2.59. The summed E-state index contributed by atoms with van der Waals surface area (Å²) in [5.41, 5.74) is 1.90. The Bertz CT molecular complexity index is 676. The SMILES string of the molecule is CCC(C)NCc1cc(OC)c(OCc2ccccc2Cl)cc1Cl. The zero-order chi connectivity index (χ0) is 17.5. The Morgan fingerprint density at radius 2 is 1.79 bits per heavy atom. The van der Waals surface area contributed by atoms with Crippen LogP contribution in [0.2, 0.25) is 10.0 Å². The molecule has 3 nitrogen and oxygen atoms in total. The lowest BCUT2D eigenvalue weighted by Gasteiger charge is -2.16. The molecule has 2 rings (SSSR count). The molecule has 0 heterocycles. The van der Waals surface area contributed by atoms with Crippen LogP contribution in [0, 0.1) is 0 Å². The lowest BCUT2D eigenvalue weighted by atomic mass is 10.1. The summed E-state index contributed by atoms with van der Waals surface area (Å²) in [4.78, 5) is 0. The van der Waals surface area contributed by atoms with Crippen LogP contribution in [0.15, 0.2) is 36.4 Å². The minimum absolute atomic E-state index is 0.358. The monoisotopic (exact) mass is 367 g/mol. The number of halogens is 2. The van der Waals surface area contributed by atoms with E-state index in [2.05, 4.69) is 19.2 Å². The van der Waals surface area contributed by atoms with Crippen molar-refractivity contribution in [3.63, 3.8) is 0 Å². The summed E-state index contributed by atoms with van der Waals surface area (Å²) in [6.07, 6.45) is 1.06. The number of hydrogen-bond acceptors (Lipinski definition) is 3. The molecular formula is C19H23Cl2NO2. The average molecular weight is 368 g/mol. The molecule has 2 aromatic rings. The molecule has 1 atom stereocenters. The summed E-state index contributed by atoms with van der Waals surface area (Å²) in [5, 5.41) is 4.76. The molecule has 0 aromatic heterocycles. The largest absolute Gasteiger partial charge is 0.493 e. The number of benzene rings is 2. The highest BCUT2D eigenvalue weighted by Crippen LogP contribution is 2.34. The van der Waals surface area contributed by atoms with Crippen LogP contribution in [0.5, 0.6) is 11.5 Å². The third-order valence-electron chi connectivity index (χ3n) is 3.93. The Morgan fingerprint density at radius 3 is 2.46 bits per heavy atom. The van der Waals surface area contributed by atoms with Crippen molar-refractivity contribution in [2.75, 3.05) is 7.11 Å². The normalized spacial score (nSPS) is 12.0. The first-order valence-corrected chi connectivity index (χ1v) is 8.76. The maximum Gasteiger partial charge on any atom is 0.163 e. The molecule has 5 heteroatoms. The third-order valence-corrected chi connectivity index (χ3v) is 4.65. The van der Waals surface area contributed by atoms with Crippen LogP contribution in [0.1, 0.15) is 31.4 Å². The second-order valence-electron chi connectivity index (χ2n) is 5.66.